The van der Waals surface area contributed by atoms with E-state index in [0.29, 0.717) is 11.6 Å². The molecule has 2 aromatic rings. The molecule has 2 fully saturated rings. The molecule has 0 spiro atoms. The Kier molecular flexibility index (Phi) is 3.29. The van der Waals surface area contributed by atoms with Crippen LogP contribution in [0.1, 0.15) is 52.7 Å². The number of fused-ring (bicyclic) bond motifs is 1. The fourth-order valence-corrected chi connectivity index (χ4v) is 3.66. The number of aryl methyl sites for hydroxylation is 2. The number of rotatable bonds is 4. The summed E-state index contributed by atoms with van der Waals surface area (Å²) in [5.74, 6) is 2.17. The molecule has 1 amide bonds. The number of nitrogens with zero attached hydrogens (tertiary/aromatic N) is 5. The van der Waals surface area contributed by atoms with Crippen LogP contribution in [-0.2, 0) is 12.8 Å². The molecule has 0 aromatic carbocycles. The van der Waals surface area contributed by atoms with Gasteiger partial charge in [0.15, 0.2) is 11.5 Å². The molecule has 1 saturated carbocycles. The van der Waals surface area contributed by atoms with Gasteiger partial charge in [-0.2, -0.15) is 5.10 Å². The topological polar surface area (TPSA) is 75.4 Å². The molecule has 130 valence electrons. The highest BCUT2D eigenvalue weighted by molar-refractivity contribution is 5.92. The minimum Gasteiger partial charge on any atom is -0.360 e. The summed E-state index contributed by atoms with van der Waals surface area (Å²) in [6.07, 6.45) is 5.59. The lowest BCUT2D eigenvalue weighted by Gasteiger charge is -2.44. The van der Waals surface area contributed by atoms with Crippen LogP contribution in [0.2, 0.25) is 0 Å². The van der Waals surface area contributed by atoms with Gasteiger partial charge in [-0.3, -0.25) is 4.79 Å². The van der Waals surface area contributed by atoms with Crippen LogP contribution in [0.4, 0.5) is 5.82 Å². The van der Waals surface area contributed by atoms with E-state index in [2.05, 4.69) is 26.3 Å². The number of aromatic nitrogens is 3. The van der Waals surface area contributed by atoms with E-state index in [9.17, 15) is 4.79 Å². The summed E-state index contributed by atoms with van der Waals surface area (Å²) < 4.78 is 5.30. The number of anilines is 1. The Morgan fingerprint density at radius 2 is 2.08 bits per heavy atom. The first-order chi connectivity index (χ1) is 12.2. The SMILES string of the molecule is CN(C(=O)c1cc(C2CC2)on1)C1CN(c2cc3c(nn2)CCC3)C1. The molecule has 1 saturated heterocycles. The van der Waals surface area contributed by atoms with Gasteiger partial charge in [0.05, 0.1) is 11.7 Å². The molecule has 1 aliphatic heterocycles. The Hall–Kier alpha value is -2.44. The van der Waals surface area contributed by atoms with E-state index in [1.165, 1.54) is 12.0 Å². The molecule has 2 aliphatic carbocycles. The van der Waals surface area contributed by atoms with Gasteiger partial charge in [-0.25, -0.2) is 0 Å². The predicted octanol–water partition coefficient (Wildman–Crippen LogP) is 1.79. The van der Waals surface area contributed by atoms with Gasteiger partial charge >= 0.3 is 0 Å². The average molecular weight is 339 g/mol. The van der Waals surface area contributed by atoms with Crippen LogP contribution in [0.5, 0.6) is 0 Å². The summed E-state index contributed by atoms with van der Waals surface area (Å²) in [5.41, 5.74) is 2.89. The molecular weight excluding hydrogens is 318 g/mol. The van der Waals surface area contributed by atoms with Crippen molar-refractivity contribution in [3.63, 3.8) is 0 Å². The van der Waals surface area contributed by atoms with Crippen molar-refractivity contribution in [1.82, 2.24) is 20.3 Å². The van der Waals surface area contributed by atoms with Crippen molar-refractivity contribution < 1.29 is 9.32 Å². The molecule has 25 heavy (non-hydrogen) atoms. The Morgan fingerprint density at radius 1 is 1.24 bits per heavy atom. The molecule has 3 heterocycles. The van der Waals surface area contributed by atoms with Gasteiger partial charge in [0, 0.05) is 32.1 Å². The smallest absolute Gasteiger partial charge is 0.276 e. The molecule has 0 unspecified atom stereocenters. The number of hydrogen-bond donors (Lipinski definition) is 0. The zero-order valence-electron chi connectivity index (χ0n) is 14.3. The molecule has 7 heteroatoms. The third kappa shape index (κ3) is 2.58. The minimum absolute atomic E-state index is 0.0691. The molecular formula is C18H21N5O2. The third-order valence-corrected chi connectivity index (χ3v) is 5.59. The van der Waals surface area contributed by atoms with E-state index in [1.807, 2.05) is 7.05 Å². The highest BCUT2D eigenvalue weighted by Crippen LogP contribution is 2.40. The fourth-order valence-electron chi connectivity index (χ4n) is 3.66. The summed E-state index contributed by atoms with van der Waals surface area (Å²) in [6, 6.07) is 4.13. The maximum absolute atomic E-state index is 12.6. The quantitative estimate of drug-likeness (QED) is 0.845. The Bertz CT molecular complexity index is 823. The largest absolute Gasteiger partial charge is 0.360 e. The van der Waals surface area contributed by atoms with Gasteiger partial charge in [0.25, 0.3) is 5.91 Å². The second kappa shape index (κ2) is 5.54. The van der Waals surface area contributed by atoms with Crippen LogP contribution in [0.3, 0.4) is 0 Å². The number of carbonyl (C=O) groups is 1. The standard InChI is InChI=1S/C18H21N5O2/c1-22(18(24)15-8-16(25-21-15)11-5-6-11)13-9-23(10-13)17-7-12-3-2-4-14(12)19-20-17/h7-8,11,13H,2-6,9-10H2,1H3. The van der Waals surface area contributed by atoms with E-state index in [-0.39, 0.29) is 11.9 Å². The van der Waals surface area contributed by atoms with Crippen LogP contribution in [0.25, 0.3) is 0 Å². The Morgan fingerprint density at radius 3 is 2.88 bits per heavy atom. The van der Waals surface area contributed by atoms with E-state index in [0.717, 1.165) is 56.0 Å². The number of hydrogen-bond acceptors (Lipinski definition) is 6. The summed E-state index contributed by atoms with van der Waals surface area (Å²) >= 11 is 0. The normalized spacial score (nSPS) is 19.6. The van der Waals surface area contributed by atoms with Crippen molar-refractivity contribution in [3.05, 3.63) is 34.8 Å². The van der Waals surface area contributed by atoms with Crippen LogP contribution in [0.15, 0.2) is 16.7 Å². The molecule has 0 N–H and O–H groups in total. The van der Waals surface area contributed by atoms with Crippen molar-refractivity contribution in [2.45, 2.75) is 44.1 Å². The second-order valence-corrected chi connectivity index (χ2v) is 7.39. The summed E-state index contributed by atoms with van der Waals surface area (Å²) in [4.78, 5) is 16.5. The van der Waals surface area contributed by atoms with Crippen LogP contribution in [0, 0.1) is 0 Å². The number of amides is 1. The van der Waals surface area contributed by atoms with Gasteiger partial charge in [-0.05, 0) is 43.7 Å². The van der Waals surface area contributed by atoms with Crippen molar-refractivity contribution in [1.29, 1.82) is 0 Å². The highest BCUT2D eigenvalue weighted by Gasteiger charge is 2.36. The van der Waals surface area contributed by atoms with Crippen LogP contribution >= 0.6 is 0 Å². The second-order valence-electron chi connectivity index (χ2n) is 7.39. The molecule has 3 aliphatic rings. The van der Waals surface area contributed by atoms with Gasteiger partial charge in [0.1, 0.15) is 5.76 Å². The van der Waals surface area contributed by atoms with Gasteiger partial charge in [-0.15, -0.1) is 5.10 Å². The zero-order valence-corrected chi connectivity index (χ0v) is 14.3. The van der Waals surface area contributed by atoms with Gasteiger partial charge in [-0.1, -0.05) is 5.16 Å². The fraction of sp³-hybridized carbons (Fsp3) is 0.556. The van der Waals surface area contributed by atoms with Crippen LogP contribution < -0.4 is 4.90 Å². The zero-order chi connectivity index (χ0) is 17.0. The first kappa shape index (κ1) is 14.9. The predicted molar refractivity (Wildman–Crippen MR) is 90.6 cm³/mol. The Labute approximate surface area is 146 Å². The van der Waals surface area contributed by atoms with Gasteiger partial charge < -0.3 is 14.3 Å². The first-order valence-corrected chi connectivity index (χ1v) is 9.03. The minimum atomic E-state index is -0.0691. The van der Waals surface area contributed by atoms with E-state index in [1.54, 1.807) is 11.0 Å². The molecule has 0 atom stereocenters. The molecule has 0 bridgehead atoms. The van der Waals surface area contributed by atoms with E-state index in [4.69, 9.17) is 4.52 Å². The number of likely N-dealkylation sites (N-methyl/N-ethyl adjacent to an activating group) is 1. The highest BCUT2D eigenvalue weighted by atomic mass is 16.5. The Balaban J connectivity index is 1.22. The lowest BCUT2D eigenvalue weighted by molar-refractivity contribution is 0.0694. The summed E-state index contributed by atoms with van der Waals surface area (Å²) in [5, 5.41) is 12.6. The maximum atomic E-state index is 12.6. The van der Waals surface area contributed by atoms with Crippen LogP contribution in [-0.4, -0.2) is 52.3 Å². The number of carbonyl (C=O) groups excluding carboxylic acids is 1. The maximum Gasteiger partial charge on any atom is 0.276 e. The summed E-state index contributed by atoms with van der Waals surface area (Å²) in [7, 11) is 1.84. The van der Waals surface area contributed by atoms with Crippen molar-refractivity contribution in [2.75, 3.05) is 25.0 Å². The van der Waals surface area contributed by atoms with Gasteiger partial charge in [0.2, 0.25) is 0 Å². The molecule has 2 aromatic heterocycles. The van der Waals surface area contributed by atoms with Crippen molar-refractivity contribution in [2.24, 2.45) is 0 Å². The van der Waals surface area contributed by atoms with Crippen molar-refractivity contribution >= 4 is 11.7 Å². The third-order valence-electron chi connectivity index (χ3n) is 5.59. The van der Waals surface area contributed by atoms with E-state index >= 15 is 0 Å². The monoisotopic (exact) mass is 339 g/mol. The molecule has 5 rings (SSSR count). The lowest BCUT2D eigenvalue weighted by atomic mass is 10.1. The molecule has 0 radical (unpaired) electrons. The van der Waals surface area contributed by atoms with Crippen molar-refractivity contribution in [3.8, 4) is 0 Å². The average Bonchev–Trinajstić information content (AvgIpc) is 3.13. The molecule has 7 nitrogen and oxygen atoms in total. The lowest BCUT2D eigenvalue weighted by Crippen LogP contribution is -2.60. The summed E-state index contributed by atoms with van der Waals surface area (Å²) in [6.45, 7) is 1.56. The van der Waals surface area contributed by atoms with E-state index < -0.39 is 0 Å². The first-order valence-electron chi connectivity index (χ1n) is 9.03.